The summed E-state index contributed by atoms with van der Waals surface area (Å²) in [6.07, 6.45) is -2.04. The Morgan fingerprint density at radius 2 is 1.97 bits per heavy atom. The first-order chi connectivity index (χ1) is 16.1. The Morgan fingerprint density at radius 1 is 1.21 bits per heavy atom. The third-order valence-electron chi connectivity index (χ3n) is 4.69. The van der Waals surface area contributed by atoms with Crippen LogP contribution in [0, 0.1) is 0 Å². The van der Waals surface area contributed by atoms with Gasteiger partial charge in [0.15, 0.2) is 29.0 Å². The van der Waals surface area contributed by atoms with Gasteiger partial charge < -0.3 is 14.8 Å². The van der Waals surface area contributed by atoms with Gasteiger partial charge in [-0.05, 0) is 36.1 Å². The zero-order valence-electron chi connectivity index (χ0n) is 18.5. The summed E-state index contributed by atoms with van der Waals surface area (Å²) < 4.78 is 52.7. The smallest absolute Gasteiger partial charge is 0.433 e. The highest BCUT2D eigenvalue weighted by molar-refractivity contribution is 7.98. The predicted molar refractivity (Wildman–Crippen MR) is 120 cm³/mol. The van der Waals surface area contributed by atoms with Crippen LogP contribution in [-0.2, 0) is 24.4 Å². The van der Waals surface area contributed by atoms with E-state index in [1.807, 2.05) is 0 Å². The molecule has 0 unspecified atom stereocenters. The average molecular weight is 494 g/mol. The Morgan fingerprint density at radius 3 is 2.59 bits per heavy atom. The zero-order chi connectivity index (χ0) is 24.9. The molecule has 180 valence electrons. The number of pyridine rings is 1. The number of carbonyl (C=O) groups excluding carboxylic acids is 1. The number of anilines is 1. The zero-order valence-corrected chi connectivity index (χ0v) is 19.3. The number of ether oxygens (including phenoxy) is 2. The molecule has 0 spiro atoms. The third-order valence-corrected chi connectivity index (χ3v) is 5.42. The first-order valence-electron chi connectivity index (χ1n) is 9.85. The summed E-state index contributed by atoms with van der Waals surface area (Å²) in [5.74, 6) is 0.314. The number of nitrogens with zero attached hydrogens (tertiary/aromatic N) is 3. The van der Waals surface area contributed by atoms with Gasteiger partial charge in [-0.15, -0.1) is 0 Å². The van der Waals surface area contributed by atoms with Crippen LogP contribution in [0.1, 0.15) is 16.8 Å². The van der Waals surface area contributed by atoms with Crippen LogP contribution in [0.2, 0.25) is 0 Å². The lowest BCUT2D eigenvalue weighted by Gasteiger charge is -2.16. The molecule has 1 amide bonds. The average Bonchev–Trinajstić information content (AvgIpc) is 2.81. The van der Waals surface area contributed by atoms with Gasteiger partial charge in [0.05, 0.1) is 12.7 Å². The van der Waals surface area contributed by atoms with Crippen LogP contribution >= 0.6 is 11.8 Å². The van der Waals surface area contributed by atoms with E-state index in [0.29, 0.717) is 11.4 Å². The second-order valence-electron chi connectivity index (χ2n) is 7.00. The SMILES string of the molecule is COc1cc(Cc2c(C(F)(F)F)nc(SC)n(C)c2=O)ccc1OCC(=O)Nc1ccccn1. The van der Waals surface area contributed by atoms with Crippen LogP contribution in [0.15, 0.2) is 52.5 Å². The lowest BCUT2D eigenvalue weighted by atomic mass is 10.0. The maximum Gasteiger partial charge on any atom is 0.433 e. The van der Waals surface area contributed by atoms with Crippen molar-refractivity contribution < 1.29 is 27.4 Å². The minimum Gasteiger partial charge on any atom is -0.493 e. The minimum absolute atomic E-state index is 0.0358. The summed E-state index contributed by atoms with van der Waals surface area (Å²) in [5, 5.41) is 2.53. The second-order valence-corrected chi connectivity index (χ2v) is 7.77. The van der Waals surface area contributed by atoms with E-state index in [1.54, 1.807) is 24.5 Å². The van der Waals surface area contributed by atoms with Crippen molar-refractivity contribution in [2.75, 3.05) is 25.3 Å². The maximum atomic E-state index is 13.6. The second kappa shape index (κ2) is 10.6. The summed E-state index contributed by atoms with van der Waals surface area (Å²) in [6, 6.07) is 9.45. The van der Waals surface area contributed by atoms with Crippen molar-refractivity contribution in [3.05, 3.63) is 69.8 Å². The fourth-order valence-electron chi connectivity index (χ4n) is 3.11. The molecule has 0 fully saturated rings. The standard InChI is InChI=1S/C22H21F3N4O4S/c1-29-20(31)14(19(22(23,24)25)28-21(29)34-3)10-13-7-8-15(16(11-13)32-2)33-12-18(30)27-17-6-4-5-9-26-17/h4-9,11H,10,12H2,1-3H3,(H,26,27,30). The van der Waals surface area contributed by atoms with Crippen molar-refractivity contribution in [1.82, 2.24) is 14.5 Å². The number of rotatable bonds is 8. The number of methoxy groups -OCH3 is 1. The number of nitrogens with one attached hydrogen (secondary N) is 1. The molecule has 3 aromatic rings. The first-order valence-corrected chi connectivity index (χ1v) is 11.1. The van der Waals surface area contributed by atoms with E-state index in [1.165, 1.54) is 38.6 Å². The van der Waals surface area contributed by atoms with Crippen molar-refractivity contribution >= 4 is 23.5 Å². The fourth-order valence-corrected chi connectivity index (χ4v) is 3.65. The van der Waals surface area contributed by atoms with Gasteiger partial charge in [-0.2, -0.15) is 13.2 Å². The molecule has 0 saturated heterocycles. The normalized spacial score (nSPS) is 11.2. The van der Waals surface area contributed by atoms with Crippen LogP contribution in [-0.4, -0.2) is 40.4 Å². The fraction of sp³-hybridized carbons (Fsp3) is 0.273. The summed E-state index contributed by atoms with van der Waals surface area (Å²) >= 11 is 0.950. The molecule has 8 nitrogen and oxygen atoms in total. The summed E-state index contributed by atoms with van der Waals surface area (Å²) in [7, 11) is 2.73. The van der Waals surface area contributed by atoms with Gasteiger partial charge in [-0.25, -0.2) is 9.97 Å². The largest absolute Gasteiger partial charge is 0.493 e. The molecule has 1 aromatic carbocycles. The molecular formula is C22H21F3N4O4S. The number of halogens is 3. The monoisotopic (exact) mass is 494 g/mol. The van der Waals surface area contributed by atoms with Gasteiger partial charge in [-0.1, -0.05) is 23.9 Å². The van der Waals surface area contributed by atoms with Gasteiger partial charge in [-0.3, -0.25) is 14.2 Å². The Kier molecular flexibility index (Phi) is 7.82. The van der Waals surface area contributed by atoms with Crippen LogP contribution in [0.25, 0.3) is 0 Å². The van der Waals surface area contributed by atoms with E-state index in [0.717, 1.165) is 16.3 Å². The Balaban J connectivity index is 1.82. The van der Waals surface area contributed by atoms with Gasteiger partial charge in [0.2, 0.25) is 0 Å². The molecule has 34 heavy (non-hydrogen) atoms. The van der Waals surface area contributed by atoms with Crippen LogP contribution < -0.4 is 20.3 Å². The molecule has 2 heterocycles. The summed E-state index contributed by atoms with van der Waals surface area (Å²) in [5.41, 5.74) is -2.09. The molecule has 0 aliphatic rings. The Labute approximate surface area is 197 Å². The van der Waals surface area contributed by atoms with Crippen molar-refractivity contribution in [2.45, 2.75) is 17.8 Å². The Bertz CT molecular complexity index is 1230. The molecule has 0 radical (unpaired) electrons. The van der Waals surface area contributed by atoms with Crippen molar-refractivity contribution in [3.8, 4) is 11.5 Å². The quantitative estimate of drug-likeness (QED) is 0.378. The van der Waals surface area contributed by atoms with Crippen molar-refractivity contribution in [1.29, 1.82) is 0 Å². The summed E-state index contributed by atoms with van der Waals surface area (Å²) in [4.78, 5) is 32.4. The van der Waals surface area contributed by atoms with E-state index in [-0.39, 0.29) is 29.7 Å². The van der Waals surface area contributed by atoms with Crippen molar-refractivity contribution in [3.63, 3.8) is 0 Å². The number of benzene rings is 1. The molecule has 0 aliphatic carbocycles. The number of aromatic nitrogens is 3. The molecule has 0 bridgehead atoms. The molecule has 1 N–H and O–H groups in total. The molecule has 0 aliphatic heterocycles. The van der Waals surface area contributed by atoms with E-state index in [2.05, 4.69) is 15.3 Å². The van der Waals surface area contributed by atoms with Crippen LogP contribution in [0.4, 0.5) is 19.0 Å². The molecular weight excluding hydrogens is 473 g/mol. The minimum atomic E-state index is -4.79. The Hall–Kier alpha value is -3.54. The van der Waals surface area contributed by atoms with Gasteiger partial charge in [0, 0.05) is 19.7 Å². The third kappa shape index (κ3) is 5.87. The lowest BCUT2D eigenvalue weighted by molar-refractivity contribution is -0.142. The molecule has 0 atom stereocenters. The van der Waals surface area contributed by atoms with Gasteiger partial charge in [0.1, 0.15) is 5.82 Å². The number of hydrogen-bond donors (Lipinski definition) is 1. The highest BCUT2D eigenvalue weighted by Crippen LogP contribution is 2.33. The molecule has 3 rings (SSSR count). The van der Waals surface area contributed by atoms with Crippen molar-refractivity contribution in [2.24, 2.45) is 7.05 Å². The number of amides is 1. The molecule has 0 saturated carbocycles. The predicted octanol–water partition coefficient (Wildman–Crippen LogP) is 3.53. The topological polar surface area (TPSA) is 95.3 Å². The molecule has 12 heteroatoms. The number of alkyl halides is 3. The van der Waals surface area contributed by atoms with Gasteiger partial charge >= 0.3 is 6.18 Å². The van der Waals surface area contributed by atoms with Gasteiger partial charge in [0.25, 0.3) is 11.5 Å². The number of thioether (sulfide) groups is 1. The highest BCUT2D eigenvalue weighted by atomic mass is 32.2. The van der Waals surface area contributed by atoms with E-state index in [9.17, 15) is 22.8 Å². The highest BCUT2D eigenvalue weighted by Gasteiger charge is 2.37. The number of carbonyl (C=O) groups is 1. The maximum absolute atomic E-state index is 13.6. The number of hydrogen-bond acceptors (Lipinski definition) is 7. The van der Waals surface area contributed by atoms with Crippen LogP contribution in [0.5, 0.6) is 11.5 Å². The first kappa shape index (κ1) is 25.1. The summed E-state index contributed by atoms with van der Waals surface area (Å²) in [6.45, 7) is -0.342. The van der Waals surface area contributed by atoms with Crippen LogP contribution in [0.3, 0.4) is 0 Å². The lowest BCUT2D eigenvalue weighted by Crippen LogP contribution is -2.29. The van der Waals surface area contributed by atoms with E-state index < -0.39 is 28.9 Å². The molecule has 2 aromatic heterocycles. The van der Waals surface area contributed by atoms with E-state index in [4.69, 9.17) is 9.47 Å². The van der Waals surface area contributed by atoms with E-state index >= 15 is 0 Å².